The van der Waals surface area contributed by atoms with E-state index >= 15 is 0 Å². The van der Waals surface area contributed by atoms with Crippen molar-refractivity contribution >= 4 is 21.6 Å². The summed E-state index contributed by atoms with van der Waals surface area (Å²) in [4.78, 5) is 14.9. The van der Waals surface area contributed by atoms with Gasteiger partial charge in [0, 0.05) is 50.0 Å². The van der Waals surface area contributed by atoms with Gasteiger partial charge in [0.05, 0.1) is 4.90 Å². The first-order valence-electron chi connectivity index (χ1n) is 10.8. The maximum absolute atomic E-state index is 13.5. The van der Waals surface area contributed by atoms with Crippen LogP contribution in [0, 0.1) is 24.5 Å². The molecule has 0 aliphatic carbocycles. The molecule has 2 aromatic rings. The van der Waals surface area contributed by atoms with Crippen molar-refractivity contribution in [2.24, 2.45) is 5.92 Å². The van der Waals surface area contributed by atoms with Gasteiger partial charge in [0.25, 0.3) is 5.91 Å². The molecule has 0 bridgehead atoms. The minimum atomic E-state index is -3.66. The Morgan fingerprint density at radius 2 is 1.84 bits per heavy atom. The number of anilines is 1. The fourth-order valence-corrected chi connectivity index (χ4v) is 5.45. The number of nitrogens with zero attached hydrogens (tertiary/aromatic N) is 2. The van der Waals surface area contributed by atoms with Gasteiger partial charge < -0.3 is 10.2 Å². The summed E-state index contributed by atoms with van der Waals surface area (Å²) in [7, 11) is -3.66. The van der Waals surface area contributed by atoms with E-state index in [0.29, 0.717) is 49.5 Å². The van der Waals surface area contributed by atoms with Crippen LogP contribution in [0.25, 0.3) is 0 Å². The van der Waals surface area contributed by atoms with Crippen LogP contribution in [0.3, 0.4) is 0 Å². The molecule has 174 valence electrons. The zero-order valence-electron chi connectivity index (χ0n) is 18.6. The molecule has 0 radical (unpaired) electrons. The van der Waals surface area contributed by atoms with Gasteiger partial charge in [0.1, 0.15) is 0 Å². The van der Waals surface area contributed by atoms with Crippen molar-refractivity contribution in [1.82, 2.24) is 9.62 Å². The first-order valence-corrected chi connectivity index (χ1v) is 12.2. The average molecular weight is 466 g/mol. The molecule has 6 nitrogen and oxygen atoms in total. The Balaban J connectivity index is 1.66. The average Bonchev–Trinajstić information content (AvgIpc) is 3.24. The second kappa shape index (κ2) is 9.95. The van der Waals surface area contributed by atoms with Gasteiger partial charge in [-0.3, -0.25) is 4.79 Å². The highest BCUT2D eigenvalue weighted by atomic mass is 32.2. The molecule has 1 heterocycles. The molecule has 2 aromatic carbocycles. The molecule has 1 unspecified atom stereocenters. The SMILES string of the molecule is CCN(CC)S(=O)(=O)c1ccc(C)c(C(=O)NCC2CCN(c3ccc(F)c(F)c3)C2)c1. The quantitative estimate of drug-likeness (QED) is 0.647. The maximum atomic E-state index is 13.5. The minimum Gasteiger partial charge on any atom is -0.371 e. The van der Waals surface area contributed by atoms with Crippen LogP contribution >= 0.6 is 0 Å². The Morgan fingerprint density at radius 1 is 1.12 bits per heavy atom. The van der Waals surface area contributed by atoms with E-state index in [4.69, 9.17) is 0 Å². The van der Waals surface area contributed by atoms with Crippen LogP contribution in [0.4, 0.5) is 14.5 Å². The first-order chi connectivity index (χ1) is 15.2. The van der Waals surface area contributed by atoms with Crippen LogP contribution in [0.5, 0.6) is 0 Å². The Morgan fingerprint density at radius 3 is 2.50 bits per heavy atom. The lowest BCUT2D eigenvalue weighted by atomic mass is 10.1. The molecule has 0 saturated carbocycles. The molecular weight excluding hydrogens is 436 g/mol. The summed E-state index contributed by atoms with van der Waals surface area (Å²) < 4.78 is 53.6. The lowest BCUT2D eigenvalue weighted by molar-refractivity contribution is 0.0947. The lowest BCUT2D eigenvalue weighted by Gasteiger charge is -2.20. The van der Waals surface area contributed by atoms with E-state index in [1.165, 1.54) is 22.5 Å². The Hall–Kier alpha value is -2.52. The maximum Gasteiger partial charge on any atom is 0.251 e. The summed E-state index contributed by atoms with van der Waals surface area (Å²) in [5, 5.41) is 2.90. The van der Waals surface area contributed by atoms with E-state index in [1.54, 1.807) is 32.9 Å². The number of aryl methyl sites for hydroxylation is 1. The Bertz CT molecular complexity index is 1090. The summed E-state index contributed by atoms with van der Waals surface area (Å²) in [6, 6.07) is 8.44. The number of benzene rings is 2. The van der Waals surface area contributed by atoms with Crippen LogP contribution in [0.15, 0.2) is 41.3 Å². The van der Waals surface area contributed by atoms with Crippen molar-refractivity contribution in [2.45, 2.75) is 32.1 Å². The highest BCUT2D eigenvalue weighted by Gasteiger charge is 2.26. The van der Waals surface area contributed by atoms with Crippen molar-refractivity contribution in [3.05, 3.63) is 59.2 Å². The standard InChI is InChI=1S/C23H29F2N3O3S/c1-4-28(5-2)32(30,31)19-8-6-16(3)20(13-19)23(29)26-14-17-10-11-27(15-17)18-7-9-21(24)22(25)12-18/h6-9,12-13,17H,4-5,10-11,14-15H2,1-3H3,(H,26,29). The number of halogens is 2. The third kappa shape index (κ3) is 5.10. The number of sulfonamides is 1. The Labute approximate surface area is 188 Å². The first kappa shape index (κ1) is 24.1. The molecule has 3 rings (SSSR count). The molecule has 1 atom stereocenters. The van der Waals surface area contributed by atoms with Crippen molar-refractivity contribution < 1.29 is 22.0 Å². The topological polar surface area (TPSA) is 69.7 Å². The predicted molar refractivity (Wildman–Crippen MR) is 120 cm³/mol. The van der Waals surface area contributed by atoms with E-state index in [1.807, 2.05) is 4.90 Å². The van der Waals surface area contributed by atoms with Gasteiger partial charge in [0.15, 0.2) is 11.6 Å². The van der Waals surface area contributed by atoms with Crippen LogP contribution in [0.2, 0.25) is 0 Å². The summed E-state index contributed by atoms with van der Waals surface area (Å²) in [6.07, 6.45) is 0.800. The van der Waals surface area contributed by atoms with Gasteiger partial charge in [-0.25, -0.2) is 17.2 Å². The third-order valence-corrected chi connectivity index (χ3v) is 7.95. The normalized spacial score (nSPS) is 16.6. The molecule has 0 spiro atoms. The highest BCUT2D eigenvalue weighted by molar-refractivity contribution is 7.89. The molecule has 9 heteroatoms. The van der Waals surface area contributed by atoms with E-state index in [2.05, 4.69) is 5.32 Å². The zero-order chi connectivity index (χ0) is 23.5. The highest BCUT2D eigenvalue weighted by Crippen LogP contribution is 2.25. The van der Waals surface area contributed by atoms with Gasteiger partial charge >= 0.3 is 0 Å². The molecule has 32 heavy (non-hydrogen) atoms. The third-order valence-electron chi connectivity index (χ3n) is 5.90. The van der Waals surface area contributed by atoms with Crippen LogP contribution < -0.4 is 10.2 Å². The fraction of sp³-hybridized carbons (Fsp3) is 0.435. The molecule has 1 fully saturated rings. The summed E-state index contributed by atoms with van der Waals surface area (Å²) >= 11 is 0. The van der Waals surface area contributed by atoms with E-state index in [-0.39, 0.29) is 16.7 Å². The number of nitrogens with one attached hydrogen (secondary N) is 1. The molecule has 1 aliphatic rings. The number of hydrogen-bond donors (Lipinski definition) is 1. The van der Waals surface area contributed by atoms with Gasteiger partial charge in [-0.15, -0.1) is 0 Å². The number of hydrogen-bond acceptors (Lipinski definition) is 4. The number of carbonyl (C=O) groups excluding carboxylic acids is 1. The largest absolute Gasteiger partial charge is 0.371 e. The van der Waals surface area contributed by atoms with Crippen LogP contribution in [-0.2, 0) is 10.0 Å². The lowest BCUT2D eigenvalue weighted by Crippen LogP contribution is -2.32. The fourth-order valence-electron chi connectivity index (χ4n) is 3.97. The monoisotopic (exact) mass is 465 g/mol. The van der Waals surface area contributed by atoms with Gasteiger partial charge in [-0.1, -0.05) is 19.9 Å². The minimum absolute atomic E-state index is 0.0994. The molecule has 1 N–H and O–H groups in total. The van der Waals surface area contributed by atoms with Gasteiger partial charge in [-0.2, -0.15) is 4.31 Å². The van der Waals surface area contributed by atoms with Crippen molar-refractivity contribution in [2.75, 3.05) is 37.6 Å². The van der Waals surface area contributed by atoms with Crippen LogP contribution in [0.1, 0.15) is 36.2 Å². The molecule has 1 aliphatic heterocycles. The number of amides is 1. The second-order valence-corrected chi connectivity index (χ2v) is 9.91. The van der Waals surface area contributed by atoms with E-state index in [0.717, 1.165) is 12.5 Å². The number of rotatable bonds is 8. The molecule has 0 aromatic heterocycles. The van der Waals surface area contributed by atoms with Gasteiger partial charge in [-0.05, 0) is 49.1 Å². The zero-order valence-corrected chi connectivity index (χ0v) is 19.4. The molecular formula is C23H29F2N3O3S. The smallest absolute Gasteiger partial charge is 0.251 e. The van der Waals surface area contributed by atoms with Crippen molar-refractivity contribution in [3.8, 4) is 0 Å². The van der Waals surface area contributed by atoms with Crippen molar-refractivity contribution in [1.29, 1.82) is 0 Å². The van der Waals surface area contributed by atoms with Crippen molar-refractivity contribution in [3.63, 3.8) is 0 Å². The van der Waals surface area contributed by atoms with E-state index in [9.17, 15) is 22.0 Å². The summed E-state index contributed by atoms with van der Waals surface area (Å²) in [5.41, 5.74) is 1.63. The second-order valence-electron chi connectivity index (χ2n) is 7.98. The van der Waals surface area contributed by atoms with E-state index < -0.39 is 21.7 Å². The van der Waals surface area contributed by atoms with Crippen LogP contribution in [-0.4, -0.2) is 51.4 Å². The predicted octanol–water partition coefficient (Wildman–Crippen LogP) is 3.56. The molecule has 1 amide bonds. The number of carbonyl (C=O) groups is 1. The summed E-state index contributed by atoms with van der Waals surface area (Å²) in [6.45, 7) is 7.72. The Kier molecular flexibility index (Phi) is 7.51. The van der Waals surface area contributed by atoms with Gasteiger partial charge in [0.2, 0.25) is 10.0 Å². The summed E-state index contributed by atoms with van der Waals surface area (Å²) in [5.74, 6) is -1.94. The molecule has 1 saturated heterocycles.